The fraction of sp³-hybridized carbons (Fsp3) is 0.231. The van der Waals surface area contributed by atoms with Crippen molar-refractivity contribution in [3.8, 4) is 0 Å². The van der Waals surface area contributed by atoms with Gasteiger partial charge in [0.25, 0.3) is 0 Å². The molecule has 0 saturated carbocycles. The summed E-state index contributed by atoms with van der Waals surface area (Å²) >= 11 is 8.03. The summed E-state index contributed by atoms with van der Waals surface area (Å²) in [5, 5.41) is 7.92. The average Bonchev–Trinajstić information content (AvgIpc) is 2.47. The Kier molecular flexibility index (Phi) is 7.47. The zero-order chi connectivity index (χ0) is 16.5. The number of ether oxygens (including phenoxy) is 1. The molecule has 0 aromatic heterocycles. The topological polar surface area (TPSA) is 101 Å². The number of anilines is 1. The highest BCUT2D eigenvalue weighted by Gasteiger charge is 2.17. The molecule has 0 spiro atoms. The van der Waals surface area contributed by atoms with Crippen LogP contribution in [0, 0.1) is 0 Å². The number of esters is 1. The van der Waals surface area contributed by atoms with Crippen molar-refractivity contribution < 1.29 is 9.53 Å². The SMILES string of the molecule is CCOC(=O)/C(=N\Nc1ccccc1Br)C(C)=NNC(N)=S. The van der Waals surface area contributed by atoms with Crippen LogP contribution in [0.25, 0.3) is 0 Å². The van der Waals surface area contributed by atoms with Gasteiger partial charge in [0.1, 0.15) is 0 Å². The highest BCUT2D eigenvalue weighted by atomic mass is 79.9. The molecule has 7 nitrogen and oxygen atoms in total. The van der Waals surface area contributed by atoms with Crippen molar-refractivity contribution in [3.63, 3.8) is 0 Å². The molecule has 22 heavy (non-hydrogen) atoms. The first kappa shape index (κ1) is 18.1. The smallest absolute Gasteiger partial charge is 0.360 e. The highest BCUT2D eigenvalue weighted by Crippen LogP contribution is 2.21. The Labute approximate surface area is 142 Å². The van der Waals surface area contributed by atoms with Crippen LogP contribution in [0.5, 0.6) is 0 Å². The van der Waals surface area contributed by atoms with Gasteiger partial charge in [0.05, 0.1) is 18.0 Å². The van der Waals surface area contributed by atoms with Crippen molar-refractivity contribution in [2.75, 3.05) is 12.0 Å². The van der Waals surface area contributed by atoms with Gasteiger partial charge < -0.3 is 10.5 Å². The van der Waals surface area contributed by atoms with Crippen LogP contribution in [0.15, 0.2) is 38.9 Å². The van der Waals surface area contributed by atoms with E-state index in [1.807, 2.05) is 18.2 Å². The lowest BCUT2D eigenvalue weighted by molar-refractivity contribution is -0.134. The van der Waals surface area contributed by atoms with Gasteiger partial charge in [-0.25, -0.2) is 4.79 Å². The van der Waals surface area contributed by atoms with Gasteiger partial charge >= 0.3 is 5.97 Å². The first-order chi connectivity index (χ1) is 10.5. The largest absolute Gasteiger partial charge is 0.461 e. The third kappa shape index (κ3) is 5.78. The maximum atomic E-state index is 12.0. The van der Waals surface area contributed by atoms with E-state index in [4.69, 9.17) is 10.5 Å². The molecular formula is C13H16BrN5O2S. The molecule has 0 fully saturated rings. The molecule has 0 aliphatic heterocycles. The predicted octanol–water partition coefficient (Wildman–Crippen LogP) is 1.99. The van der Waals surface area contributed by atoms with Crippen LogP contribution in [0.2, 0.25) is 0 Å². The van der Waals surface area contributed by atoms with Crippen LogP contribution in [-0.4, -0.2) is 29.1 Å². The Hall–Kier alpha value is -2.00. The van der Waals surface area contributed by atoms with E-state index in [1.54, 1.807) is 19.9 Å². The lowest BCUT2D eigenvalue weighted by atomic mass is 10.2. The first-order valence-electron chi connectivity index (χ1n) is 6.31. The van der Waals surface area contributed by atoms with Crippen molar-refractivity contribution in [2.24, 2.45) is 15.9 Å². The number of rotatable bonds is 6. The summed E-state index contributed by atoms with van der Waals surface area (Å²) in [5.74, 6) is -0.604. The summed E-state index contributed by atoms with van der Waals surface area (Å²) in [6.45, 7) is 3.52. The lowest BCUT2D eigenvalue weighted by Crippen LogP contribution is -2.30. The van der Waals surface area contributed by atoms with Crippen molar-refractivity contribution in [2.45, 2.75) is 13.8 Å². The van der Waals surface area contributed by atoms with Crippen LogP contribution in [0.1, 0.15) is 13.8 Å². The molecule has 0 atom stereocenters. The van der Waals surface area contributed by atoms with Gasteiger partial charge in [-0.1, -0.05) is 12.1 Å². The van der Waals surface area contributed by atoms with E-state index in [-0.39, 0.29) is 23.1 Å². The van der Waals surface area contributed by atoms with Gasteiger partial charge in [-0.3, -0.25) is 10.9 Å². The number of thiocarbonyl (C=S) groups is 1. The Balaban J connectivity index is 3.01. The minimum absolute atomic E-state index is 0.0127. The summed E-state index contributed by atoms with van der Waals surface area (Å²) in [6, 6.07) is 7.35. The van der Waals surface area contributed by atoms with Crippen LogP contribution >= 0.6 is 28.1 Å². The monoisotopic (exact) mass is 385 g/mol. The van der Waals surface area contributed by atoms with E-state index in [2.05, 4.69) is 49.2 Å². The second kappa shape index (κ2) is 9.11. The number of carbonyl (C=O) groups excluding carboxylic acids is 1. The minimum atomic E-state index is -0.604. The predicted molar refractivity (Wildman–Crippen MR) is 94.9 cm³/mol. The standard InChI is InChI=1S/C13H16BrN5O2S/c1-3-21-12(20)11(8(2)16-19-13(15)22)18-17-10-7-5-4-6-9(10)14/h4-7,17H,3H2,1-2H3,(H3,15,19,22)/b16-8?,18-11-. The number of nitrogens with one attached hydrogen (secondary N) is 2. The summed E-state index contributed by atoms with van der Waals surface area (Å²) < 4.78 is 5.76. The number of hydrogen-bond acceptors (Lipinski definition) is 6. The number of halogens is 1. The number of hydrazone groups is 2. The third-order valence-corrected chi connectivity index (χ3v) is 3.09. The van der Waals surface area contributed by atoms with Crippen molar-refractivity contribution in [3.05, 3.63) is 28.7 Å². The van der Waals surface area contributed by atoms with Crippen molar-refractivity contribution >= 4 is 56.3 Å². The average molecular weight is 386 g/mol. The van der Waals surface area contributed by atoms with E-state index in [0.717, 1.165) is 4.47 Å². The Bertz CT molecular complexity index is 618. The van der Waals surface area contributed by atoms with E-state index in [9.17, 15) is 4.79 Å². The molecule has 0 bridgehead atoms. The Morgan fingerprint density at radius 3 is 2.68 bits per heavy atom. The third-order valence-electron chi connectivity index (χ3n) is 2.31. The molecule has 0 amide bonds. The van der Waals surface area contributed by atoms with Gasteiger partial charge in [0, 0.05) is 4.47 Å². The van der Waals surface area contributed by atoms with Crippen LogP contribution in [0.3, 0.4) is 0 Å². The van der Waals surface area contributed by atoms with E-state index < -0.39 is 5.97 Å². The summed E-state index contributed by atoms with van der Waals surface area (Å²) in [7, 11) is 0. The highest BCUT2D eigenvalue weighted by molar-refractivity contribution is 9.10. The molecule has 9 heteroatoms. The molecule has 4 N–H and O–H groups in total. The number of benzene rings is 1. The first-order valence-corrected chi connectivity index (χ1v) is 7.51. The number of nitrogens with two attached hydrogens (primary N) is 1. The van der Waals surface area contributed by atoms with Crippen LogP contribution in [-0.2, 0) is 9.53 Å². The van der Waals surface area contributed by atoms with E-state index in [0.29, 0.717) is 5.69 Å². The van der Waals surface area contributed by atoms with Gasteiger partial charge in [-0.2, -0.15) is 10.2 Å². The normalized spacial score (nSPS) is 11.8. The quantitative estimate of drug-likeness (QED) is 0.299. The summed E-state index contributed by atoms with van der Waals surface area (Å²) in [4.78, 5) is 12.0. The van der Waals surface area contributed by atoms with E-state index >= 15 is 0 Å². The molecule has 0 aliphatic rings. The number of nitrogens with zero attached hydrogens (tertiary/aromatic N) is 2. The fourth-order valence-electron chi connectivity index (χ4n) is 1.33. The van der Waals surface area contributed by atoms with Crippen molar-refractivity contribution in [1.29, 1.82) is 0 Å². The van der Waals surface area contributed by atoms with Crippen LogP contribution in [0.4, 0.5) is 5.69 Å². The van der Waals surface area contributed by atoms with Crippen LogP contribution < -0.4 is 16.6 Å². The maximum Gasteiger partial charge on any atom is 0.360 e. The molecule has 1 aromatic carbocycles. The number of para-hydroxylation sites is 1. The lowest BCUT2D eigenvalue weighted by Gasteiger charge is -2.08. The molecule has 0 aliphatic carbocycles. The number of hydrogen-bond donors (Lipinski definition) is 3. The fourth-order valence-corrected chi connectivity index (χ4v) is 1.75. The molecule has 0 unspecified atom stereocenters. The molecule has 0 saturated heterocycles. The zero-order valence-electron chi connectivity index (χ0n) is 12.1. The Morgan fingerprint density at radius 2 is 2.09 bits per heavy atom. The number of carbonyl (C=O) groups is 1. The second-order valence-electron chi connectivity index (χ2n) is 3.95. The van der Waals surface area contributed by atoms with Crippen molar-refractivity contribution in [1.82, 2.24) is 5.43 Å². The summed E-state index contributed by atoms with van der Waals surface area (Å²) in [6.07, 6.45) is 0. The molecule has 0 radical (unpaired) electrons. The minimum Gasteiger partial charge on any atom is -0.461 e. The molecule has 118 valence electrons. The Morgan fingerprint density at radius 1 is 1.41 bits per heavy atom. The molecule has 1 rings (SSSR count). The van der Waals surface area contributed by atoms with Gasteiger partial charge in [0.15, 0.2) is 10.8 Å². The van der Waals surface area contributed by atoms with E-state index in [1.165, 1.54) is 0 Å². The zero-order valence-corrected chi connectivity index (χ0v) is 14.5. The molecular weight excluding hydrogens is 370 g/mol. The molecule has 0 heterocycles. The summed E-state index contributed by atoms with van der Waals surface area (Å²) in [5.41, 5.74) is 11.5. The van der Waals surface area contributed by atoms with Gasteiger partial charge in [-0.15, -0.1) is 0 Å². The van der Waals surface area contributed by atoms with Gasteiger partial charge in [-0.05, 0) is 54.1 Å². The second-order valence-corrected chi connectivity index (χ2v) is 5.24. The molecule has 1 aromatic rings. The maximum absolute atomic E-state index is 12.0. The van der Waals surface area contributed by atoms with Gasteiger partial charge in [0.2, 0.25) is 0 Å².